The lowest BCUT2D eigenvalue weighted by Crippen LogP contribution is -2.22. The van der Waals surface area contributed by atoms with E-state index in [0.29, 0.717) is 12.1 Å². The molecule has 5 heteroatoms. The SMILES string of the molecule is CCCCCC(NC(=O)O)=C(OC)OC. The molecule has 0 saturated heterocycles. The lowest BCUT2D eigenvalue weighted by Gasteiger charge is -2.12. The Kier molecular flexibility index (Phi) is 7.23. The van der Waals surface area contributed by atoms with Crippen LogP contribution in [0.4, 0.5) is 4.79 Å². The Bertz CT molecular complexity index is 219. The maximum Gasteiger partial charge on any atom is 0.409 e. The van der Waals surface area contributed by atoms with Crippen LogP contribution in [-0.4, -0.2) is 25.4 Å². The summed E-state index contributed by atoms with van der Waals surface area (Å²) in [5.74, 6) is 0.230. The number of amides is 1. The Hall–Kier alpha value is -1.39. The van der Waals surface area contributed by atoms with E-state index in [9.17, 15) is 4.79 Å². The number of ether oxygens (including phenoxy) is 2. The van der Waals surface area contributed by atoms with Gasteiger partial charge < -0.3 is 14.6 Å². The summed E-state index contributed by atoms with van der Waals surface area (Å²) in [7, 11) is 2.89. The van der Waals surface area contributed by atoms with Crippen molar-refractivity contribution >= 4 is 6.09 Å². The van der Waals surface area contributed by atoms with Crippen LogP contribution >= 0.6 is 0 Å². The Balaban J connectivity index is 4.41. The molecule has 5 nitrogen and oxygen atoms in total. The molecule has 0 fully saturated rings. The number of hydrogen-bond acceptors (Lipinski definition) is 3. The third-order valence-electron chi connectivity index (χ3n) is 1.91. The second-order valence-corrected chi connectivity index (χ2v) is 3.06. The van der Waals surface area contributed by atoms with Gasteiger partial charge in [-0.25, -0.2) is 4.79 Å². The summed E-state index contributed by atoms with van der Waals surface area (Å²) in [5.41, 5.74) is 0.473. The van der Waals surface area contributed by atoms with E-state index in [-0.39, 0.29) is 5.95 Å². The second kappa shape index (κ2) is 7.96. The largest absolute Gasteiger partial charge is 0.467 e. The topological polar surface area (TPSA) is 67.8 Å². The molecule has 0 aliphatic carbocycles. The van der Waals surface area contributed by atoms with Crippen LogP contribution in [0.3, 0.4) is 0 Å². The standard InChI is InChI=1S/C10H19NO4/c1-4-5-6-7-8(11-10(12)13)9(14-2)15-3/h11H,4-7H2,1-3H3,(H,12,13). The van der Waals surface area contributed by atoms with E-state index in [4.69, 9.17) is 14.6 Å². The molecule has 88 valence electrons. The highest BCUT2D eigenvalue weighted by molar-refractivity contribution is 5.66. The van der Waals surface area contributed by atoms with Gasteiger partial charge in [0, 0.05) is 0 Å². The number of nitrogens with one attached hydrogen (secondary N) is 1. The monoisotopic (exact) mass is 217 g/mol. The van der Waals surface area contributed by atoms with Crippen LogP contribution in [-0.2, 0) is 9.47 Å². The maximum absolute atomic E-state index is 10.5. The third-order valence-corrected chi connectivity index (χ3v) is 1.91. The van der Waals surface area contributed by atoms with E-state index in [1.165, 1.54) is 14.2 Å². The van der Waals surface area contributed by atoms with Gasteiger partial charge in [-0.3, -0.25) is 5.32 Å². The highest BCUT2D eigenvalue weighted by Crippen LogP contribution is 2.12. The molecule has 0 radical (unpaired) electrons. The number of methoxy groups -OCH3 is 2. The summed E-state index contributed by atoms with van der Waals surface area (Å²) in [5, 5.41) is 10.9. The van der Waals surface area contributed by atoms with Crippen LogP contribution in [0.25, 0.3) is 0 Å². The maximum atomic E-state index is 10.5. The number of unbranched alkanes of at least 4 members (excludes halogenated alkanes) is 2. The lowest BCUT2D eigenvalue weighted by atomic mass is 10.1. The Morgan fingerprint density at radius 2 is 1.87 bits per heavy atom. The summed E-state index contributed by atoms with van der Waals surface area (Å²) in [6.07, 6.45) is 2.54. The van der Waals surface area contributed by atoms with Gasteiger partial charge in [-0.2, -0.15) is 0 Å². The zero-order valence-electron chi connectivity index (χ0n) is 9.50. The summed E-state index contributed by atoms with van der Waals surface area (Å²) in [6.45, 7) is 2.08. The molecule has 0 saturated carbocycles. The van der Waals surface area contributed by atoms with Crippen LogP contribution in [0.2, 0.25) is 0 Å². The van der Waals surface area contributed by atoms with Gasteiger partial charge >= 0.3 is 6.09 Å². The summed E-state index contributed by atoms with van der Waals surface area (Å²) >= 11 is 0. The quantitative estimate of drug-likeness (QED) is 0.507. The predicted octanol–water partition coefficient (Wildman–Crippen LogP) is 2.30. The molecule has 0 spiro atoms. The van der Waals surface area contributed by atoms with Gasteiger partial charge in [-0.05, 0) is 12.8 Å². The average Bonchev–Trinajstić information content (AvgIpc) is 2.19. The predicted molar refractivity (Wildman–Crippen MR) is 56.3 cm³/mol. The highest BCUT2D eigenvalue weighted by Gasteiger charge is 2.10. The van der Waals surface area contributed by atoms with Crippen molar-refractivity contribution in [3.63, 3.8) is 0 Å². The first-order valence-corrected chi connectivity index (χ1v) is 4.96. The van der Waals surface area contributed by atoms with Crippen molar-refractivity contribution in [2.75, 3.05) is 14.2 Å². The van der Waals surface area contributed by atoms with Gasteiger partial charge in [0.2, 0.25) is 0 Å². The van der Waals surface area contributed by atoms with Gasteiger partial charge in [-0.1, -0.05) is 19.8 Å². The first-order chi connectivity index (χ1) is 7.15. The van der Waals surface area contributed by atoms with Crippen LogP contribution in [0.15, 0.2) is 11.6 Å². The molecule has 0 aliphatic heterocycles. The van der Waals surface area contributed by atoms with Crippen LogP contribution in [0.1, 0.15) is 32.6 Å². The Labute approximate surface area is 90.1 Å². The van der Waals surface area contributed by atoms with Crippen LogP contribution in [0.5, 0.6) is 0 Å². The molecule has 1 amide bonds. The molecule has 0 aromatic carbocycles. The van der Waals surface area contributed by atoms with Crippen molar-refractivity contribution in [3.05, 3.63) is 11.6 Å². The fraction of sp³-hybridized carbons (Fsp3) is 0.700. The van der Waals surface area contributed by atoms with Gasteiger partial charge in [0.05, 0.1) is 14.2 Å². The zero-order chi connectivity index (χ0) is 11.7. The Morgan fingerprint density at radius 1 is 1.27 bits per heavy atom. The molecule has 0 rings (SSSR count). The molecule has 15 heavy (non-hydrogen) atoms. The molecule has 0 aromatic rings. The summed E-state index contributed by atoms with van der Waals surface area (Å²) in [4.78, 5) is 10.5. The van der Waals surface area contributed by atoms with Crippen molar-refractivity contribution in [2.45, 2.75) is 32.6 Å². The van der Waals surface area contributed by atoms with Crippen LogP contribution in [0, 0.1) is 0 Å². The highest BCUT2D eigenvalue weighted by atomic mass is 16.7. The van der Waals surface area contributed by atoms with E-state index in [1.54, 1.807) is 0 Å². The molecule has 0 heterocycles. The van der Waals surface area contributed by atoms with Crippen molar-refractivity contribution < 1.29 is 19.4 Å². The minimum atomic E-state index is -1.10. The van der Waals surface area contributed by atoms with Crippen molar-refractivity contribution in [1.29, 1.82) is 0 Å². The number of allylic oxidation sites excluding steroid dienone is 1. The molecule has 0 aliphatic rings. The van der Waals surface area contributed by atoms with E-state index in [2.05, 4.69) is 12.2 Å². The second-order valence-electron chi connectivity index (χ2n) is 3.06. The van der Waals surface area contributed by atoms with Crippen molar-refractivity contribution in [2.24, 2.45) is 0 Å². The third kappa shape index (κ3) is 5.83. The number of hydrogen-bond donors (Lipinski definition) is 2. The molecule has 0 bridgehead atoms. The Morgan fingerprint density at radius 3 is 2.27 bits per heavy atom. The zero-order valence-corrected chi connectivity index (χ0v) is 9.50. The fourth-order valence-electron chi connectivity index (χ4n) is 1.23. The van der Waals surface area contributed by atoms with Gasteiger partial charge in [0.15, 0.2) is 0 Å². The van der Waals surface area contributed by atoms with Gasteiger partial charge in [0.25, 0.3) is 5.95 Å². The molecule has 0 aromatic heterocycles. The smallest absolute Gasteiger partial charge is 0.409 e. The van der Waals surface area contributed by atoms with E-state index < -0.39 is 6.09 Å². The normalized spacial score (nSPS) is 9.27. The minimum Gasteiger partial charge on any atom is -0.467 e. The van der Waals surface area contributed by atoms with Gasteiger partial charge in [-0.15, -0.1) is 0 Å². The van der Waals surface area contributed by atoms with E-state index in [0.717, 1.165) is 19.3 Å². The van der Waals surface area contributed by atoms with Crippen molar-refractivity contribution in [1.82, 2.24) is 5.32 Å². The summed E-state index contributed by atoms with van der Waals surface area (Å²) < 4.78 is 9.85. The molecule has 0 unspecified atom stereocenters. The molecule has 0 atom stereocenters. The first-order valence-electron chi connectivity index (χ1n) is 4.96. The number of rotatable bonds is 7. The number of carbonyl (C=O) groups is 1. The van der Waals surface area contributed by atoms with E-state index in [1.807, 2.05) is 0 Å². The minimum absolute atomic E-state index is 0.230. The van der Waals surface area contributed by atoms with E-state index >= 15 is 0 Å². The molecular formula is C10H19NO4. The van der Waals surface area contributed by atoms with Crippen molar-refractivity contribution in [3.8, 4) is 0 Å². The van der Waals surface area contributed by atoms with Crippen LogP contribution < -0.4 is 5.32 Å². The van der Waals surface area contributed by atoms with Gasteiger partial charge in [0.1, 0.15) is 5.70 Å². The average molecular weight is 217 g/mol. The first kappa shape index (κ1) is 13.6. The summed E-state index contributed by atoms with van der Waals surface area (Å²) in [6, 6.07) is 0. The fourth-order valence-corrected chi connectivity index (χ4v) is 1.23. The molecular weight excluding hydrogens is 198 g/mol. The number of carboxylic acid groups (broad SMARTS) is 1. The lowest BCUT2D eigenvalue weighted by molar-refractivity contribution is 0.0868. The molecule has 2 N–H and O–H groups in total.